The number of nitrogens with one attached hydrogen (secondary N) is 1. The highest BCUT2D eigenvalue weighted by molar-refractivity contribution is 7.99. The smallest absolute Gasteiger partial charge is 0.234 e. The zero-order valence-electron chi connectivity index (χ0n) is 16.8. The van der Waals surface area contributed by atoms with Crippen molar-refractivity contribution in [1.82, 2.24) is 14.8 Å². The highest BCUT2D eigenvalue weighted by Crippen LogP contribution is 2.24. The molecule has 0 saturated carbocycles. The summed E-state index contributed by atoms with van der Waals surface area (Å²) in [5, 5.41) is 12.2. The normalized spacial score (nSPS) is 12.0. The van der Waals surface area contributed by atoms with Crippen LogP contribution in [0.4, 0.5) is 5.69 Å². The van der Waals surface area contributed by atoms with Gasteiger partial charge in [0.25, 0.3) is 0 Å². The standard InChI is InChI=1S/C22H26N4OS/c1-5-16(3)17-9-11-19(12-10-17)23-20(27)14-28-22-25-24-21(26(22)4)18-8-6-7-15(2)13-18/h6-13,16H,5,14H2,1-4H3,(H,23,27). The molecule has 3 aromatic rings. The summed E-state index contributed by atoms with van der Waals surface area (Å²) < 4.78 is 1.92. The first-order valence-corrected chi connectivity index (χ1v) is 10.5. The first-order chi connectivity index (χ1) is 13.5. The summed E-state index contributed by atoms with van der Waals surface area (Å²) in [5.74, 6) is 1.56. The minimum Gasteiger partial charge on any atom is -0.325 e. The zero-order chi connectivity index (χ0) is 20.1. The number of aryl methyl sites for hydroxylation is 1. The molecule has 28 heavy (non-hydrogen) atoms. The summed E-state index contributed by atoms with van der Waals surface area (Å²) in [4.78, 5) is 12.3. The minimum absolute atomic E-state index is 0.0543. The topological polar surface area (TPSA) is 59.8 Å². The molecule has 1 amide bonds. The van der Waals surface area contributed by atoms with Gasteiger partial charge in [-0.05, 0) is 43.0 Å². The van der Waals surface area contributed by atoms with Crippen LogP contribution in [0.25, 0.3) is 11.4 Å². The second-order valence-corrected chi connectivity index (χ2v) is 7.95. The monoisotopic (exact) mass is 394 g/mol. The molecule has 1 atom stereocenters. The average molecular weight is 395 g/mol. The van der Waals surface area contributed by atoms with Gasteiger partial charge in [0.05, 0.1) is 5.75 Å². The third-order valence-corrected chi connectivity index (χ3v) is 5.84. The van der Waals surface area contributed by atoms with Crippen molar-refractivity contribution in [3.8, 4) is 11.4 Å². The molecule has 0 bridgehead atoms. The van der Waals surface area contributed by atoms with E-state index >= 15 is 0 Å². The Labute approximate surface area is 170 Å². The molecule has 0 aliphatic rings. The summed E-state index contributed by atoms with van der Waals surface area (Å²) >= 11 is 1.38. The number of aromatic nitrogens is 3. The van der Waals surface area contributed by atoms with Gasteiger partial charge < -0.3 is 9.88 Å². The number of carbonyl (C=O) groups is 1. The molecule has 0 radical (unpaired) electrons. The number of carbonyl (C=O) groups excluding carboxylic acids is 1. The first-order valence-electron chi connectivity index (χ1n) is 9.47. The molecule has 2 aromatic carbocycles. The fourth-order valence-corrected chi connectivity index (χ4v) is 3.65. The van der Waals surface area contributed by atoms with E-state index in [1.165, 1.54) is 22.9 Å². The van der Waals surface area contributed by atoms with Crippen LogP contribution in [0.2, 0.25) is 0 Å². The Kier molecular flexibility index (Phi) is 6.52. The van der Waals surface area contributed by atoms with Gasteiger partial charge in [-0.25, -0.2) is 0 Å². The van der Waals surface area contributed by atoms with Crippen LogP contribution in [0.5, 0.6) is 0 Å². The molecule has 1 unspecified atom stereocenters. The van der Waals surface area contributed by atoms with Gasteiger partial charge in [0.15, 0.2) is 11.0 Å². The lowest BCUT2D eigenvalue weighted by molar-refractivity contribution is -0.113. The fraction of sp³-hybridized carbons (Fsp3) is 0.318. The van der Waals surface area contributed by atoms with E-state index in [9.17, 15) is 4.79 Å². The number of hydrogen-bond acceptors (Lipinski definition) is 4. The predicted octanol–water partition coefficient (Wildman–Crippen LogP) is 5.03. The van der Waals surface area contributed by atoms with E-state index in [-0.39, 0.29) is 11.7 Å². The van der Waals surface area contributed by atoms with Gasteiger partial charge >= 0.3 is 0 Å². The quantitative estimate of drug-likeness (QED) is 0.571. The van der Waals surface area contributed by atoms with E-state index in [0.29, 0.717) is 5.92 Å². The van der Waals surface area contributed by atoms with Crippen LogP contribution in [0.1, 0.15) is 37.3 Å². The van der Waals surface area contributed by atoms with Crippen LogP contribution in [-0.4, -0.2) is 26.4 Å². The number of anilines is 1. The van der Waals surface area contributed by atoms with Crippen molar-refractivity contribution in [2.75, 3.05) is 11.1 Å². The van der Waals surface area contributed by atoms with Crippen LogP contribution in [0.15, 0.2) is 53.7 Å². The molecule has 1 heterocycles. The Morgan fingerprint density at radius 1 is 1.18 bits per heavy atom. The van der Waals surface area contributed by atoms with Gasteiger partial charge in [0.1, 0.15) is 0 Å². The number of rotatable bonds is 7. The molecule has 0 saturated heterocycles. The van der Waals surface area contributed by atoms with Crippen molar-refractivity contribution >= 4 is 23.4 Å². The van der Waals surface area contributed by atoms with Crippen LogP contribution in [0, 0.1) is 6.92 Å². The maximum absolute atomic E-state index is 12.3. The van der Waals surface area contributed by atoms with Crippen LogP contribution >= 0.6 is 11.8 Å². The second kappa shape index (κ2) is 9.06. The second-order valence-electron chi connectivity index (χ2n) is 7.00. The molecule has 1 aromatic heterocycles. The Morgan fingerprint density at radius 3 is 2.61 bits per heavy atom. The van der Waals surface area contributed by atoms with Gasteiger partial charge in [0.2, 0.25) is 5.91 Å². The van der Waals surface area contributed by atoms with Crippen LogP contribution in [-0.2, 0) is 11.8 Å². The number of hydrogen-bond donors (Lipinski definition) is 1. The summed E-state index contributed by atoms with van der Waals surface area (Å²) in [6.45, 7) is 6.43. The molecule has 0 spiro atoms. The third kappa shape index (κ3) is 4.81. The lowest BCUT2D eigenvalue weighted by Crippen LogP contribution is -2.14. The molecule has 3 rings (SSSR count). The van der Waals surface area contributed by atoms with E-state index in [0.717, 1.165) is 28.7 Å². The Hall–Kier alpha value is -2.60. The number of benzene rings is 2. The molecule has 0 aliphatic carbocycles. The highest BCUT2D eigenvalue weighted by Gasteiger charge is 2.13. The van der Waals surface area contributed by atoms with Crippen LogP contribution in [0.3, 0.4) is 0 Å². The van der Waals surface area contributed by atoms with E-state index < -0.39 is 0 Å². The number of nitrogens with zero attached hydrogens (tertiary/aromatic N) is 3. The molecule has 5 nitrogen and oxygen atoms in total. The molecule has 0 fully saturated rings. The molecule has 1 N–H and O–H groups in total. The average Bonchev–Trinajstić information content (AvgIpc) is 3.07. The summed E-state index contributed by atoms with van der Waals surface area (Å²) in [6, 6.07) is 16.2. The van der Waals surface area contributed by atoms with Crippen molar-refractivity contribution in [3.05, 3.63) is 59.7 Å². The van der Waals surface area contributed by atoms with Crippen LogP contribution < -0.4 is 5.32 Å². The Bertz CT molecular complexity index is 949. The van der Waals surface area contributed by atoms with Crippen molar-refractivity contribution in [1.29, 1.82) is 0 Å². The van der Waals surface area contributed by atoms with E-state index in [1.54, 1.807) is 0 Å². The molecular weight excluding hydrogens is 368 g/mol. The zero-order valence-corrected chi connectivity index (χ0v) is 17.6. The lowest BCUT2D eigenvalue weighted by atomic mass is 9.99. The number of amides is 1. The highest BCUT2D eigenvalue weighted by atomic mass is 32.2. The van der Waals surface area contributed by atoms with Gasteiger partial charge in [0, 0.05) is 18.3 Å². The predicted molar refractivity (Wildman–Crippen MR) is 116 cm³/mol. The van der Waals surface area contributed by atoms with E-state index in [1.807, 2.05) is 35.9 Å². The van der Waals surface area contributed by atoms with Crippen molar-refractivity contribution in [2.24, 2.45) is 7.05 Å². The molecule has 146 valence electrons. The van der Waals surface area contributed by atoms with E-state index in [4.69, 9.17) is 0 Å². The summed E-state index contributed by atoms with van der Waals surface area (Å²) in [6.07, 6.45) is 1.10. The number of thioether (sulfide) groups is 1. The van der Waals surface area contributed by atoms with Crippen molar-refractivity contribution < 1.29 is 4.79 Å². The Morgan fingerprint density at radius 2 is 1.93 bits per heavy atom. The van der Waals surface area contributed by atoms with Crippen molar-refractivity contribution in [3.63, 3.8) is 0 Å². The third-order valence-electron chi connectivity index (χ3n) is 4.82. The maximum atomic E-state index is 12.3. The minimum atomic E-state index is -0.0543. The summed E-state index contributed by atoms with van der Waals surface area (Å²) in [7, 11) is 1.92. The van der Waals surface area contributed by atoms with Gasteiger partial charge in [-0.15, -0.1) is 10.2 Å². The lowest BCUT2D eigenvalue weighted by Gasteiger charge is -2.10. The SMILES string of the molecule is CCC(C)c1ccc(NC(=O)CSc2nnc(-c3cccc(C)c3)n2C)cc1. The fourth-order valence-electron chi connectivity index (χ4n) is 2.93. The van der Waals surface area contributed by atoms with E-state index in [2.05, 4.69) is 60.6 Å². The molecule has 6 heteroatoms. The van der Waals surface area contributed by atoms with Gasteiger partial charge in [-0.2, -0.15) is 0 Å². The molecule has 0 aliphatic heterocycles. The van der Waals surface area contributed by atoms with Gasteiger partial charge in [-0.1, -0.05) is 61.5 Å². The summed E-state index contributed by atoms with van der Waals surface area (Å²) in [5.41, 5.74) is 4.30. The maximum Gasteiger partial charge on any atom is 0.234 e. The Balaban J connectivity index is 1.59. The molecular formula is C22H26N4OS. The largest absolute Gasteiger partial charge is 0.325 e. The first kappa shape index (κ1) is 20.1. The van der Waals surface area contributed by atoms with Gasteiger partial charge in [-0.3, -0.25) is 4.79 Å². The van der Waals surface area contributed by atoms with Crippen molar-refractivity contribution in [2.45, 2.75) is 38.3 Å².